The number of esters is 1. The van der Waals surface area contributed by atoms with Crippen LogP contribution in [0.4, 0.5) is 5.82 Å². The van der Waals surface area contributed by atoms with E-state index in [0.29, 0.717) is 25.0 Å². The van der Waals surface area contributed by atoms with Crippen LogP contribution in [-0.2, 0) is 31.0 Å². The van der Waals surface area contributed by atoms with E-state index >= 15 is 0 Å². The summed E-state index contributed by atoms with van der Waals surface area (Å²) in [5.41, 5.74) is 3.33. The van der Waals surface area contributed by atoms with Gasteiger partial charge in [0.2, 0.25) is 0 Å². The lowest BCUT2D eigenvalue weighted by atomic mass is 9.42. The number of carbonyl (C=O) groups is 2. The second kappa shape index (κ2) is 12.8. The van der Waals surface area contributed by atoms with Gasteiger partial charge in [-0.15, -0.1) is 0 Å². The van der Waals surface area contributed by atoms with Crippen molar-refractivity contribution in [2.45, 2.75) is 102 Å². The van der Waals surface area contributed by atoms with Gasteiger partial charge >= 0.3 is 5.97 Å². The molecule has 5 fully saturated rings. The molecule has 1 aromatic carbocycles. The van der Waals surface area contributed by atoms with E-state index in [1.807, 2.05) is 38.1 Å². The minimum absolute atomic E-state index is 0.155. The zero-order chi connectivity index (χ0) is 32.8. The largest absolute Gasteiger partial charge is 0.496 e. The number of carbonyl (C=O) groups excluding carboxylic acids is 2. The molecule has 46 heavy (non-hydrogen) atoms. The third-order valence-corrected chi connectivity index (χ3v) is 10.9. The van der Waals surface area contributed by atoms with Crippen molar-refractivity contribution in [3.8, 4) is 5.75 Å². The molecule has 1 aromatic heterocycles. The predicted octanol–water partition coefficient (Wildman–Crippen LogP) is 5.41. The topological polar surface area (TPSA) is 93.2 Å². The maximum absolute atomic E-state index is 14.7. The SMILES string of the molecule is CCOC(=O)[C@@H]1[C@@H](C(C)(C)C)[C@H](NCc2cc(C34CC(C3)C4)ccc2OC)[C@H](c2cccnc2N(C)C)N1C(=O)[C@@H]1CCCCO1. The Morgan fingerprint density at radius 3 is 2.50 bits per heavy atom. The summed E-state index contributed by atoms with van der Waals surface area (Å²) in [6.07, 6.45) is 7.48. The third kappa shape index (κ3) is 5.78. The van der Waals surface area contributed by atoms with E-state index in [4.69, 9.17) is 19.2 Å². The molecule has 1 N–H and O–H groups in total. The summed E-state index contributed by atoms with van der Waals surface area (Å²) in [6.45, 7) is 9.58. The summed E-state index contributed by atoms with van der Waals surface area (Å²) < 4.78 is 17.7. The molecule has 9 heteroatoms. The number of amides is 1. The number of methoxy groups -OCH3 is 1. The maximum atomic E-state index is 14.7. The molecule has 2 aliphatic heterocycles. The van der Waals surface area contributed by atoms with Gasteiger partial charge in [-0.25, -0.2) is 9.78 Å². The summed E-state index contributed by atoms with van der Waals surface area (Å²) in [5.74, 6) is 1.69. The van der Waals surface area contributed by atoms with Crippen LogP contribution in [0.2, 0.25) is 0 Å². The first-order chi connectivity index (χ1) is 22.0. The third-order valence-electron chi connectivity index (χ3n) is 10.9. The Morgan fingerprint density at radius 1 is 1.15 bits per heavy atom. The Hall–Kier alpha value is -3.17. The van der Waals surface area contributed by atoms with Crippen molar-refractivity contribution in [1.82, 2.24) is 15.2 Å². The fourth-order valence-corrected chi connectivity index (χ4v) is 8.69. The Balaban J connectivity index is 1.46. The number of likely N-dealkylation sites (tertiary alicyclic amines) is 1. The van der Waals surface area contributed by atoms with Gasteiger partial charge in [0.15, 0.2) is 0 Å². The van der Waals surface area contributed by atoms with E-state index in [1.54, 1.807) is 18.2 Å². The van der Waals surface area contributed by atoms with Gasteiger partial charge in [-0.05, 0) is 79.9 Å². The van der Waals surface area contributed by atoms with Crippen LogP contribution >= 0.6 is 0 Å². The van der Waals surface area contributed by atoms with Crippen LogP contribution in [0.5, 0.6) is 5.75 Å². The molecule has 3 aliphatic carbocycles. The van der Waals surface area contributed by atoms with Crippen LogP contribution < -0.4 is 15.0 Å². The molecule has 3 saturated carbocycles. The van der Waals surface area contributed by atoms with Crippen molar-refractivity contribution in [2.24, 2.45) is 17.3 Å². The van der Waals surface area contributed by atoms with Crippen molar-refractivity contribution in [3.05, 3.63) is 53.2 Å². The van der Waals surface area contributed by atoms with Crippen molar-refractivity contribution in [1.29, 1.82) is 0 Å². The summed E-state index contributed by atoms with van der Waals surface area (Å²) in [5, 5.41) is 3.92. The molecule has 2 bridgehead atoms. The van der Waals surface area contributed by atoms with Gasteiger partial charge in [-0.3, -0.25) is 4.79 Å². The number of benzene rings is 1. The van der Waals surface area contributed by atoms with Crippen molar-refractivity contribution < 1.29 is 23.8 Å². The number of aromatic nitrogens is 1. The molecule has 5 atom stereocenters. The lowest BCUT2D eigenvalue weighted by Gasteiger charge is -2.62. The number of pyridine rings is 1. The Kier molecular flexibility index (Phi) is 9.11. The Bertz CT molecular complexity index is 1410. The van der Waals surface area contributed by atoms with Crippen molar-refractivity contribution in [2.75, 3.05) is 39.3 Å². The molecular weight excluding hydrogens is 580 g/mol. The van der Waals surface area contributed by atoms with E-state index in [-0.39, 0.29) is 35.9 Å². The number of hydrogen-bond acceptors (Lipinski definition) is 8. The van der Waals surface area contributed by atoms with Gasteiger partial charge in [0.05, 0.1) is 19.8 Å². The standard InChI is InChI=1S/C37H52N4O5/c1-8-45-35(43)32-29(36(2,3)4)30(39-22-24-18-25(14-15-27(24)44-7)37-19-23(20-37)21-37)31(26-12-11-16-38-33(26)40(5)6)41(32)34(42)28-13-9-10-17-46-28/h11-12,14-16,18,23,28-32,39H,8-10,13,17,19-22H2,1-7H3/t23?,28-,29-,30-,31-,32-,37?/m0/s1. The molecule has 7 rings (SSSR count). The van der Waals surface area contributed by atoms with Gasteiger partial charge in [-0.1, -0.05) is 39.0 Å². The summed E-state index contributed by atoms with van der Waals surface area (Å²) in [4.78, 5) is 37.3. The average Bonchev–Trinajstić information content (AvgIpc) is 3.34. The number of anilines is 1. The molecule has 3 heterocycles. The Morgan fingerprint density at radius 2 is 1.91 bits per heavy atom. The van der Waals surface area contributed by atoms with Crippen LogP contribution in [-0.4, -0.2) is 74.4 Å². The molecule has 250 valence electrons. The van der Waals surface area contributed by atoms with Gasteiger partial charge < -0.3 is 29.3 Å². The highest BCUT2D eigenvalue weighted by molar-refractivity contribution is 5.89. The van der Waals surface area contributed by atoms with Crippen molar-refractivity contribution >= 4 is 17.7 Å². The quantitative estimate of drug-likeness (QED) is 0.348. The lowest BCUT2D eigenvalue weighted by molar-refractivity contribution is -0.162. The summed E-state index contributed by atoms with van der Waals surface area (Å²) in [7, 11) is 5.64. The van der Waals surface area contributed by atoms with Crippen LogP contribution in [0.3, 0.4) is 0 Å². The zero-order valence-electron chi connectivity index (χ0n) is 28.7. The fraction of sp³-hybridized carbons (Fsp3) is 0.649. The van der Waals surface area contributed by atoms with E-state index in [2.05, 4.69) is 44.3 Å². The number of nitrogens with one attached hydrogen (secondary N) is 1. The van der Waals surface area contributed by atoms with Crippen LogP contribution in [0.25, 0.3) is 0 Å². The highest BCUT2D eigenvalue weighted by atomic mass is 16.5. The number of nitrogens with zero attached hydrogens (tertiary/aromatic N) is 3. The van der Waals surface area contributed by atoms with E-state index in [9.17, 15) is 9.59 Å². The smallest absolute Gasteiger partial charge is 0.329 e. The van der Waals surface area contributed by atoms with Crippen LogP contribution in [0.15, 0.2) is 36.5 Å². The molecule has 0 radical (unpaired) electrons. The number of ether oxygens (including phenoxy) is 3. The molecule has 9 nitrogen and oxygen atoms in total. The monoisotopic (exact) mass is 632 g/mol. The molecule has 2 aromatic rings. The average molecular weight is 633 g/mol. The van der Waals surface area contributed by atoms with E-state index in [0.717, 1.165) is 41.5 Å². The predicted molar refractivity (Wildman–Crippen MR) is 178 cm³/mol. The minimum Gasteiger partial charge on any atom is -0.496 e. The fourth-order valence-electron chi connectivity index (χ4n) is 8.69. The molecule has 5 aliphatic rings. The highest BCUT2D eigenvalue weighted by Gasteiger charge is 2.60. The van der Waals surface area contributed by atoms with Gasteiger partial charge in [0, 0.05) is 56.5 Å². The van der Waals surface area contributed by atoms with Crippen LogP contribution in [0.1, 0.15) is 89.0 Å². The summed E-state index contributed by atoms with van der Waals surface area (Å²) in [6, 6.07) is 9.01. The van der Waals surface area contributed by atoms with Gasteiger partial charge in [0.25, 0.3) is 5.91 Å². The molecule has 2 saturated heterocycles. The first-order valence-corrected chi connectivity index (χ1v) is 17.1. The lowest BCUT2D eigenvalue weighted by Crippen LogP contribution is -2.55. The first kappa shape index (κ1) is 32.8. The van der Waals surface area contributed by atoms with Gasteiger partial charge in [0.1, 0.15) is 23.7 Å². The zero-order valence-corrected chi connectivity index (χ0v) is 28.7. The second-order valence-electron chi connectivity index (χ2n) is 15.1. The Labute approximate surface area is 274 Å². The number of hydrogen-bond donors (Lipinski definition) is 1. The van der Waals surface area contributed by atoms with E-state index in [1.165, 1.54) is 24.8 Å². The normalized spacial score (nSPS) is 30.3. The van der Waals surface area contributed by atoms with Crippen molar-refractivity contribution in [3.63, 3.8) is 0 Å². The molecule has 0 unspecified atom stereocenters. The maximum Gasteiger partial charge on any atom is 0.329 e. The van der Waals surface area contributed by atoms with E-state index < -0.39 is 18.2 Å². The van der Waals surface area contributed by atoms with Crippen LogP contribution in [0, 0.1) is 17.3 Å². The molecule has 0 spiro atoms. The first-order valence-electron chi connectivity index (χ1n) is 17.1. The highest BCUT2D eigenvalue weighted by Crippen LogP contribution is 2.65. The number of rotatable bonds is 10. The van der Waals surface area contributed by atoms with Gasteiger partial charge in [-0.2, -0.15) is 0 Å². The summed E-state index contributed by atoms with van der Waals surface area (Å²) >= 11 is 0. The minimum atomic E-state index is -0.801. The molecule has 1 amide bonds. The second-order valence-corrected chi connectivity index (χ2v) is 15.1. The molecular formula is C37H52N4O5.